The number of aliphatic hydroxyl groups excluding tert-OH is 1. The van der Waals surface area contributed by atoms with E-state index in [0.29, 0.717) is 12.1 Å². The first-order valence-electron chi connectivity index (χ1n) is 5.71. The molecule has 0 aliphatic carbocycles. The second kappa shape index (κ2) is 6.20. The second-order valence-electron chi connectivity index (χ2n) is 3.89. The summed E-state index contributed by atoms with van der Waals surface area (Å²) in [6, 6.07) is 5.04. The molecule has 0 amide bonds. The maximum atomic E-state index is 10.8. The normalized spacial score (nSPS) is 10.3. The Bertz CT molecular complexity index is 387. The van der Waals surface area contributed by atoms with Gasteiger partial charge in [0.1, 0.15) is 0 Å². The lowest BCUT2D eigenvalue weighted by Gasteiger charge is -2.24. The molecule has 1 aromatic rings. The van der Waals surface area contributed by atoms with E-state index in [0.717, 1.165) is 18.7 Å². The van der Waals surface area contributed by atoms with Gasteiger partial charge in [-0.1, -0.05) is 13.0 Å². The molecule has 0 aromatic heterocycles. The summed E-state index contributed by atoms with van der Waals surface area (Å²) in [7, 11) is 0. The first-order chi connectivity index (χ1) is 8.11. The highest BCUT2D eigenvalue weighted by Crippen LogP contribution is 2.28. The molecule has 0 heterocycles. The van der Waals surface area contributed by atoms with Gasteiger partial charge in [-0.2, -0.15) is 0 Å². The van der Waals surface area contributed by atoms with E-state index >= 15 is 0 Å². The van der Waals surface area contributed by atoms with E-state index in [9.17, 15) is 10.1 Å². The Morgan fingerprint density at radius 3 is 2.65 bits per heavy atom. The van der Waals surface area contributed by atoms with E-state index in [1.165, 1.54) is 6.07 Å². The monoisotopic (exact) mass is 238 g/mol. The summed E-state index contributed by atoms with van der Waals surface area (Å²) in [6.45, 7) is 5.10. The molecule has 5 nitrogen and oxygen atoms in total. The van der Waals surface area contributed by atoms with Crippen LogP contribution in [-0.4, -0.2) is 29.7 Å². The molecule has 1 rings (SSSR count). The zero-order chi connectivity index (χ0) is 12.8. The van der Waals surface area contributed by atoms with E-state index < -0.39 is 0 Å². The van der Waals surface area contributed by atoms with Crippen LogP contribution in [0.2, 0.25) is 0 Å². The molecule has 0 bridgehead atoms. The van der Waals surface area contributed by atoms with Crippen LogP contribution in [0.15, 0.2) is 18.2 Å². The Morgan fingerprint density at radius 1 is 1.41 bits per heavy atom. The smallest absolute Gasteiger partial charge is 0.274 e. The molecule has 17 heavy (non-hydrogen) atoms. The summed E-state index contributed by atoms with van der Waals surface area (Å²) in [5, 5.41) is 19.9. The molecular weight excluding hydrogens is 220 g/mol. The Balaban J connectivity index is 3.10. The van der Waals surface area contributed by atoms with Gasteiger partial charge in [-0.3, -0.25) is 10.1 Å². The molecule has 0 saturated carbocycles. The molecule has 1 aromatic carbocycles. The van der Waals surface area contributed by atoms with Crippen LogP contribution >= 0.6 is 0 Å². The molecular formula is C12H18N2O3. The maximum Gasteiger partial charge on any atom is 0.274 e. The minimum Gasteiger partial charge on any atom is -0.395 e. The van der Waals surface area contributed by atoms with Crippen molar-refractivity contribution in [1.29, 1.82) is 0 Å². The Labute approximate surface area is 101 Å². The fourth-order valence-electron chi connectivity index (χ4n) is 1.90. The van der Waals surface area contributed by atoms with Crippen molar-refractivity contribution < 1.29 is 10.0 Å². The van der Waals surface area contributed by atoms with Crippen LogP contribution in [0.4, 0.5) is 11.4 Å². The molecule has 0 saturated heterocycles. The molecule has 94 valence electrons. The van der Waals surface area contributed by atoms with Gasteiger partial charge in [0.2, 0.25) is 0 Å². The number of rotatable bonds is 6. The number of benzene rings is 1. The van der Waals surface area contributed by atoms with Crippen LogP contribution in [0.1, 0.15) is 18.9 Å². The van der Waals surface area contributed by atoms with Crippen LogP contribution in [0.3, 0.4) is 0 Å². The van der Waals surface area contributed by atoms with Crippen molar-refractivity contribution in [2.45, 2.75) is 20.3 Å². The molecule has 0 fully saturated rings. The second-order valence-corrected chi connectivity index (χ2v) is 3.89. The number of nitrogens with zero attached hydrogens (tertiary/aromatic N) is 2. The molecule has 0 spiro atoms. The predicted octanol–water partition coefficient (Wildman–Crippen LogP) is 2.11. The fourth-order valence-corrected chi connectivity index (χ4v) is 1.90. The van der Waals surface area contributed by atoms with Crippen molar-refractivity contribution in [2.75, 3.05) is 24.6 Å². The lowest BCUT2D eigenvalue weighted by atomic mass is 10.1. The Hall–Kier alpha value is -1.62. The van der Waals surface area contributed by atoms with Crippen molar-refractivity contribution in [3.05, 3.63) is 33.9 Å². The average molecular weight is 238 g/mol. The number of nitro benzene ring substituents is 1. The van der Waals surface area contributed by atoms with Gasteiger partial charge >= 0.3 is 0 Å². The van der Waals surface area contributed by atoms with Gasteiger partial charge in [0.25, 0.3) is 5.69 Å². The molecule has 1 N–H and O–H groups in total. The quantitative estimate of drug-likeness (QED) is 0.609. The first kappa shape index (κ1) is 13.4. The predicted molar refractivity (Wildman–Crippen MR) is 67.4 cm³/mol. The van der Waals surface area contributed by atoms with E-state index in [1.807, 2.05) is 17.9 Å². The van der Waals surface area contributed by atoms with Gasteiger partial charge in [-0.05, 0) is 19.4 Å². The van der Waals surface area contributed by atoms with Crippen LogP contribution < -0.4 is 4.90 Å². The summed E-state index contributed by atoms with van der Waals surface area (Å²) in [5.41, 5.74) is 1.61. The highest BCUT2D eigenvalue weighted by Gasteiger charge is 2.16. The van der Waals surface area contributed by atoms with Gasteiger partial charge in [0.05, 0.1) is 17.1 Å². The average Bonchev–Trinajstić information content (AvgIpc) is 2.29. The topological polar surface area (TPSA) is 66.6 Å². The van der Waals surface area contributed by atoms with Crippen molar-refractivity contribution in [3.63, 3.8) is 0 Å². The van der Waals surface area contributed by atoms with Gasteiger partial charge in [-0.15, -0.1) is 0 Å². The van der Waals surface area contributed by atoms with Crippen molar-refractivity contribution in [2.24, 2.45) is 0 Å². The van der Waals surface area contributed by atoms with E-state index in [2.05, 4.69) is 0 Å². The van der Waals surface area contributed by atoms with Crippen molar-refractivity contribution in [1.82, 2.24) is 0 Å². The lowest BCUT2D eigenvalue weighted by molar-refractivity contribution is -0.385. The third-order valence-corrected chi connectivity index (χ3v) is 2.68. The van der Waals surface area contributed by atoms with Crippen LogP contribution in [0.5, 0.6) is 0 Å². The lowest BCUT2D eigenvalue weighted by Crippen LogP contribution is -2.28. The summed E-state index contributed by atoms with van der Waals surface area (Å²) < 4.78 is 0. The number of aliphatic hydroxyl groups is 1. The van der Waals surface area contributed by atoms with Gasteiger partial charge < -0.3 is 10.0 Å². The van der Waals surface area contributed by atoms with Gasteiger partial charge in [0, 0.05) is 24.8 Å². The number of nitro groups is 1. The first-order valence-corrected chi connectivity index (χ1v) is 5.71. The highest BCUT2D eigenvalue weighted by molar-refractivity contribution is 5.61. The summed E-state index contributed by atoms with van der Waals surface area (Å²) in [5.74, 6) is 0. The molecule has 0 aliphatic rings. The summed E-state index contributed by atoms with van der Waals surface area (Å²) in [6.07, 6.45) is 0.933. The fraction of sp³-hybridized carbons (Fsp3) is 0.500. The van der Waals surface area contributed by atoms with E-state index in [-0.39, 0.29) is 17.2 Å². The summed E-state index contributed by atoms with van der Waals surface area (Å²) in [4.78, 5) is 12.5. The number of hydrogen-bond acceptors (Lipinski definition) is 4. The Morgan fingerprint density at radius 2 is 2.12 bits per heavy atom. The molecule has 0 unspecified atom stereocenters. The molecule has 0 aliphatic heterocycles. The van der Waals surface area contributed by atoms with Gasteiger partial charge in [0.15, 0.2) is 0 Å². The number of anilines is 1. The third-order valence-electron chi connectivity index (χ3n) is 2.68. The largest absolute Gasteiger partial charge is 0.395 e. The standard InChI is InChI=1S/C12H18N2O3/c1-3-7-13(8-9-15)11-5-4-6-12(10(11)2)14(16)17/h4-6,15H,3,7-9H2,1-2H3. The molecule has 5 heteroatoms. The molecule has 0 radical (unpaired) electrons. The SMILES string of the molecule is CCCN(CCO)c1cccc([N+](=O)[O-])c1C. The minimum atomic E-state index is -0.373. The van der Waals surface area contributed by atoms with Gasteiger partial charge in [-0.25, -0.2) is 0 Å². The van der Waals surface area contributed by atoms with Crippen molar-refractivity contribution in [3.8, 4) is 0 Å². The minimum absolute atomic E-state index is 0.0438. The van der Waals surface area contributed by atoms with E-state index in [4.69, 9.17) is 5.11 Å². The van der Waals surface area contributed by atoms with Crippen molar-refractivity contribution >= 4 is 11.4 Å². The van der Waals surface area contributed by atoms with E-state index in [1.54, 1.807) is 13.0 Å². The highest BCUT2D eigenvalue weighted by atomic mass is 16.6. The van der Waals surface area contributed by atoms with Crippen LogP contribution in [0.25, 0.3) is 0 Å². The maximum absolute atomic E-state index is 10.8. The summed E-state index contributed by atoms with van der Waals surface area (Å²) >= 11 is 0. The molecule has 0 atom stereocenters. The third kappa shape index (κ3) is 3.17. The Kier molecular flexibility index (Phi) is 4.90. The number of hydrogen-bond donors (Lipinski definition) is 1. The zero-order valence-electron chi connectivity index (χ0n) is 10.2. The zero-order valence-corrected chi connectivity index (χ0v) is 10.2. The van der Waals surface area contributed by atoms with Crippen LogP contribution in [-0.2, 0) is 0 Å². The van der Waals surface area contributed by atoms with Crippen LogP contribution in [0, 0.1) is 17.0 Å².